The van der Waals surface area contributed by atoms with Crippen molar-refractivity contribution in [3.8, 4) is 5.75 Å². The average Bonchev–Trinajstić information content (AvgIpc) is 2.46. The van der Waals surface area contributed by atoms with E-state index in [9.17, 15) is 9.36 Å². The lowest BCUT2D eigenvalue weighted by atomic mass is 10.1. The Bertz CT molecular complexity index is 750. The lowest BCUT2D eigenvalue weighted by molar-refractivity contribution is 0.142. The molecule has 5 nitrogen and oxygen atoms in total. The number of carbonyl (C=O) groups is 1. The topological polar surface area (TPSA) is 64.6 Å². The molecule has 0 aromatic heterocycles. The summed E-state index contributed by atoms with van der Waals surface area (Å²) in [5.41, 5.74) is 0. The highest BCUT2D eigenvalue weighted by atomic mass is 35.7. The van der Waals surface area contributed by atoms with E-state index in [0.29, 0.717) is 5.75 Å². The van der Waals surface area contributed by atoms with E-state index >= 15 is 0 Å². The first-order chi connectivity index (χ1) is 10.8. The van der Waals surface area contributed by atoms with Gasteiger partial charge in [0, 0.05) is 16.6 Å². The number of hydrogen-bond acceptors (Lipinski definition) is 4. The zero-order valence-corrected chi connectivity index (χ0v) is 15.6. The molecule has 2 aromatic carbocycles. The molecule has 0 saturated heterocycles. The molecule has 0 spiro atoms. The Morgan fingerprint density at radius 3 is 2.57 bits per heavy atom. The molecular formula is C15H19ClNO4PS. The monoisotopic (exact) mass is 375 g/mol. The minimum atomic E-state index is -3.72. The molecule has 0 fully saturated rings. The first-order valence-electron chi connectivity index (χ1n) is 6.98. The van der Waals surface area contributed by atoms with Gasteiger partial charge in [-0.2, -0.15) is 4.49 Å². The van der Waals surface area contributed by atoms with E-state index < -0.39 is 23.3 Å². The van der Waals surface area contributed by atoms with Gasteiger partial charge in [-0.1, -0.05) is 47.5 Å². The molecule has 126 valence electrons. The summed E-state index contributed by atoms with van der Waals surface area (Å²) in [4.78, 5) is 11.8. The van der Waals surface area contributed by atoms with E-state index in [-0.39, 0.29) is 6.10 Å². The average molecular weight is 376 g/mol. The number of halogens is 1. The summed E-state index contributed by atoms with van der Waals surface area (Å²) >= 11 is 4.44. The minimum absolute atomic E-state index is 0.247. The Morgan fingerprint density at radius 2 is 1.87 bits per heavy atom. The summed E-state index contributed by atoms with van der Waals surface area (Å²) in [7, 11) is 0. The Balaban J connectivity index is 2.14. The van der Waals surface area contributed by atoms with E-state index in [4.69, 9.17) is 20.5 Å². The van der Waals surface area contributed by atoms with Crippen LogP contribution < -0.4 is 9.02 Å². The van der Waals surface area contributed by atoms with E-state index in [1.165, 1.54) is 0 Å². The van der Waals surface area contributed by atoms with E-state index in [1.807, 2.05) is 30.3 Å². The molecule has 2 aromatic rings. The van der Waals surface area contributed by atoms with Crippen molar-refractivity contribution in [3.05, 3.63) is 42.5 Å². The fourth-order valence-corrected chi connectivity index (χ4v) is 5.87. The van der Waals surface area contributed by atoms with Crippen LogP contribution in [0.2, 0.25) is 0 Å². The number of benzene rings is 2. The summed E-state index contributed by atoms with van der Waals surface area (Å²) in [6, 6.07) is 12.9. The Hall–Kier alpha value is -1.20. The van der Waals surface area contributed by atoms with Crippen LogP contribution in [0.5, 0.6) is 5.75 Å². The zero-order chi connectivity index (χ0) is 17.0. The Labute approximate surface area is 143 Å². The Morgan fingerprint density at radius 1 is 1.22 bits per heavy atom. The number of carbonyl (C=O) groups excluding carboxylic acids is 1. The Kier molecular flexibility index (Phi) is 5.98. The van der Waals surface area contributed by atoms with Gasteiger partial charge in [0.1, 0.15) is 5.75 Å². The highest BCUT2D eigenvalue weighted by Gasteiger charge is 2.27. The fraction of sp³-hybridized carbons (Fsp3) is 0.267. The van der Waals surface area contributed by atoms with Crippen LogP contribution in [0.15, 0.2) is 42.5 Å². The van der Waals surface area contributed by atoms with Crippen LogP contribution in [0, 0.1) is 0 Å². The van der Waals surface area contributed by atoms with Gasteiger partial charge in [0.2, 0.25) is 0 Å². The van der Waals surface area contributed by atoms with Crippen LogP contribution in [-0.2, 0) is 9.30 Å². The smallest absolute Gasteiger partial charge is 0.417 e. The largest absolute Gasteiger partial charge is 0.455 e. The van der Waals surface area contributed by atoms with Crippen molar-refractivity contribution in [2.75, 3.05) is 6.26 Å². The molecule has 0 bridgehead atoms. The molecule has 0 amide bonds. The van der Waals surface area contributed by atoms with Crippen molar-refractivity contribution in [1.29, 1.82) is 0 Å². The van der Waals surface area contributed by atoms with Crippen LogP contribution in [0.1, 0.15) is 13.8 Å². The van der Waals surface area contributed by atoms with Crippen molar-refractivity contribution in [1.82, 2.24) is 4.49 Å². The molecule has 0 heterocycles. The van der Waals surface area contributed by atoms with Crippen molar-refractivity contribution < 1.29 is 18.6 Å². The predicted octanol–water partition coefficient (Wildman–Crippen LogP) is 5.25. The summed E-state index contributed by atoms with van der Waals surface area (Å²) in [5.74, 6) is 0.398. The number of rotatable bonds is 5. The highest BCUT2D eigenvalue weighted by Crippen LogP contribution is 2.53. The third kappa shape index (κ3) is 5.15. The minimum Gasteiger partial charge on any atom is -0.455 e. The van der Waals surface area contributed by atoms with Crippen molar-refractivity contribution >= 4 is 45.3 Å². The first-order valence-corrected chi connectivity index (χ1v) is 11.3. The van der Waals surface area contributed by atoms with Crippen LogP contribution >= 0.6 is 29.2 Å². The second kappa shape index (κ2) is 7.58. The lowest BCUT2D eigenvalue weighted by Crippen LogP contribution is -2.17. The molecule has 0 aliphatic heterocycles. The zero-order valence-electron chi connectivity index (χ0n) is 13.0. The van der Waals surface area contributed by atoms with Gasteiger partial charge in [-0.05, 0) is 31.6 Å². The molecular weight excluding hydrogens is 357 g/mol. The molecule has 0 aliphatic carbocycles. The van der Waals surface area contributed by atoms with Crippen molar-refractivity contribution in [2.24, 2.45) is 0 Å². The molecule has 1 N–H and O–H groups in total. The molecule has 0 radical (unpaired) electrons. The first kappa shape index (κ1) is 18.1. The van der Waals surface area contributed by atoms with Gasteiger partial charge in [-0.3, -0.25) is 0 Å². The highest BCUT2D eigenvalue weighted by molar-refractivity contribution is 8.30. The van der Waals surface area contributed by atoms with Crippen molar-refractivity contribution in [2.45, 2.75) is 20.0 Å². The number of fused-ring (bicyclic) bond motifs is 1. The van der Waals surface area contributed by atoms with Gasteiger partial charge in [-0.25, -0.2) is 9.36 Å². The third-order valence-electron chi connectivity index (χ3n) is 2.85. The SMILES string of the molecule is CC(C)OC(=O)[SH](C)NP(=O)(Cl)Oc1cccc2ccccc12. The quantitative estimate of drug-likeness (QED) is 0.424. The molecule has 2 rings (SSSR count). The maximum Gasteiger partial charge on any atom is 0.417 e. The van der Waals surface area contributed by atoms with E-state index in [0.717, 1.165) is 10.8 Å². The molecule has 8 heteroatoms. The van der Waals surface area contributed by atoms with Crippen LogP contribution in [-0.4, -0.2) is 17.7 Å². The van der Waals surface area contributed by atoms with Crippen LogP contribution in [0.25, 0.3) is 10.8 Å². The summed E-state index contributed by atoms with van der Waals surface area (Å²) in [5, 5.41) is 1.26. The fourth-order valence-electron chi connectivity index (χ4n) is 1.92. The summed E-state index contributed by atoms with van der Waals surface area (Å²) in [6.07, 6.45) is 1.34. The number of hydrogen-bond donors (Lipinski definition) is 2. The van der Waals surface area contributed by atoms with E-state index in [2.05, 4.69) is 4.49 Å². The normalized spacial score (nSPS) is 16.0. The number of thiol groups is 1. The van der Waals surface area contributed by atoms with Crippen molar-refractivity contribution in [3.63, 3.8) is 0 Å². The predicted molar refractivity (Wildman–Crippen MR) is 97.7 cm³/mol. The lowest BCUT2D eigenvalue weighted by Gasteiger charge is -2.22. The maximum absolute atomic E-state index is 12.5. The summed E-state index contributed by atoms with van der Waals surface area (Å²) < 4.78 is 25.6. The van der Waals surface area contributed by atoms with Gasteiger partial charge in [0.05, 0.1) is 6.10 Å². The maximum atomic E-state index is 12.5. The van der Waals surface area contributed by atoms with Crippen LogP contribution in [0.4, 0.5) is 4.79 Å². The second-order valence-corrected chi connectivity index (χ2v) is 9.90. The molecule has 0 saturated carbocycles. The summed E-state index contributed by atoms with van der Waals surface area (Å²) in [6.45, 7) is -0.234. The van der Waals surface area contributed by atoms with Gasteiger partial charge in [0.25, 0.3) is 0 Å². The third-order valence-corrected chi connectivity index (χ3v) is 6.97. The van der Waals surface area contributed by atoms with Gasteiger partial charge in [0.15, 0.2) is 0 Å². The molecule has 2 atom stereocenters. The van der Waals surface area contributed by atoms with Gasteiger partial charge in [-0.15, -0.1) is 0 Å². The molecule has 2 unspecified atom stereocenters. The van der Waals surface area contributed by atoms with E-state index in [1.54, 1.807) is 32.2 Å². The number of ether oxygens (including phenoxy) is 1. The molecule has 0 aliphatic rings. The van der Waals surface area contributed by atoms with Crippen LogP contribution in [0.3, 0.4) is 0 Å². The van der Waals surface area contributed by atoms with Gasteiger partial charge >= 0.3 is 12.2 Å². The van der Waals surface area contributed by atoms with Gasteiger partial charge < -0.3 is 9.26 Å². The second-order valence-electron chi connectivity index (χ2n) is 5.14. The standard InChI is InChI=1S/C15H19ClNO4PS/c1-11(2)20-15(18)23(3)17-22(16,19)21-14-10-6-8-12-7-4-5-9-13(12)14/h4-11,23H,1-3H3,(H,17,19). The number of nitrogens with one attached hydrogen (secondary N) is 1. The molecule has 23 heavy (non-hydrogen) atoms.